The molecule has 0 unspecified atom stereocenters. The molecule has 0 radical (unpaired) electrons. The predicted octanol–water partition coefficient (Wildman–Crippen LogP) is 4.04. The van der Waals surface area contributed by atoms with Crippen molar-refractivity contribution in [3.05, 3.63) is 59.3 Å². The highest BCUT2D eigenvalue weighted by atomic mass is 16.5. The molecule has 0 fully saturated rings. The van der Waals surface area contributed by atoms with Crippen LogP contribution in [0, 0.1) is 13.8 Å². The van der Waals surface area contributed by atoms with Crippen molar-refractivity contribution in [2.45, 2.75) is 13.8 Å². The first kappa shape index (κ1) is 15.4. The van der Waals surface area contributed by atoms with Gasteiger partial charge in [0.25, 0.3) is 0 Å². The lowest BCUT2D eigenvalue weighted by Crippen LogP contribution is -2.13. The van der Waals surface area contributed by atoms with Crippen LogP contribution in [0.4, 0.5) is 5.82 Å². The van der Waals surface area contributed by atoms with E-state index in [0.29, 0.717) is 0 Å². The van der Waals surface area contributed by atoms with Crippen LogP contribution < -0.4 is 10.1 Å². The number of pyridine rings is 1. The standard InChI is InChI=1S/C20H20N4O/c1-13-12-14(2)22-19-18(13)20-21-11-10-16(24(20)23-19)7-4-15-5-8-17(25-3)9-6-15/h4-10,12,21H,11H2,1-3H3/b7-4-. The summed E-state index contributed by atoms with van der Waals surface area (Å²) in [6.07, 6.45) is 6.29. The van der Waals surface area contributed by atoms with Crippen LogP contribution in [0.2, 0.25) is 0 Å². The van der Waals surface area contributed by atoms with Gasteiger partial charge >= 0.3 is 0 Å². The van der Waals surface area contributed by atoms with Crippen molar-refractivity contribution in [2.24, 2.45) is 0 Å². The molecule has 1 aromatic carbocycles. The molecule has 126 valence electrons. The van der Waals surface area contributed by atoms with Gasteiger partial charge in [-0.15, -0.1) is 5.10 Å². The van der Waals surface area contributed by atoms with Gasteiger partial charge < -0.3 is 10.1 Å². The van der Waals surface area contributed by atoms with Gasteiger partial charge in [0.15, 0.2) is 5.65 Å². The molecule has 1 N–H and O–H groups in total. The Labute approximate surface area is 146 Å². The van der Waals surface area contributed by atoms with Crippen molar-refractivity contribution in [3.8, 4) is 5.75 Å². The summed E-state index contributed by atoms with van der Waals surface area (Å²) in [7, 11) is 1.67. The predicted molar refractivity (Wildman–Crippen MR) is 102 cm³/mol. The number of nitrogens with one attached hydrogen (secondary N) is 1. The zero-order valence-electron chi connectivity index (χ0n) is 14.6. The molecule has 2 aromatic heterocycles. The summed E-state index contributed by atoms with van der Waals surface area (Å²) in [6.45, 7) is 4.88. The molecule has 5 nitrogen and oxygen atoms in total. The van der Waals surface area contributed by atoms with E-state index in [1.165, 1.54) is 5.56 Å². The summed E-state index contributed by atoms with van der Waals surface area (Å²) in [4.78, 5) is 4.58. The van der Waals surface area contributed by atoms with Gasteiger partial charge in [-0.3, -0.25) is 0 Å². The number of hydrogen-bond donors (Lipinski definition) is 1. The number of allylic oxidation sites excluding steroid dienone is 2. The molecule has 1 aliphatic heterocycles. The minimum Gasteiger partial charge on any atom is -0.497 e. The zero-order chi connectivity index (χ0) is 17.4. The first-order valence-electron chi connectivity index (χ1n) is 8.29. The maximum Gasteiger partial charge on any atom is 0.184 e. The Morgan fingerprint density at radius 1 is 1.16 bits per heavy atom. The van der Waals surface area contributed by atoms with Crippen LogP contribution >= 0.6 is 0 Å². The van der Waals surface area contributed by atoms with E-state index in [4.69, 9.17) is 9.84 Å². The molecule has 0 bridgehead atoms. The van der Waals surface area contributed by atoms with Crippen LogP contribution in [0.1, 0.15) is 16.8 Å². The molecule has 5 heteroatoms. The normalized spacial score (nSPS) is 13.6. The number of aromatic nitrogens is 3. The molecular weight excluding hydrogens is 312 g/mol. The van der Waals surface area contributed by atoms with Crippen LogP contribution in [0.15, 0.2) is 42.5 Å². The Hall–Kier alpha value is -3.08. The number of benzene rings is 1. The summed E-state index contributed by atoms with van der Waals surface area (Å²) in [5.41, 5.74) is 5.12. The number of rotatable bonds is 3. The van der Waals surface area contributed by atoms with Crippen molar-refractivity contribution in [3.63, 3.8) is 0 Å². The van der Waals surface area contributed by atoms with E-state index < -0.39 is 0 Å². The number of nitrogens with zero attached hydrogens (tertiary/aromatic N) is 3. The average Bonchev–Trinajstić information content (AvgIpc) is 2.99. The summed E-state index contributed by atoms with van der Waals surface area (Å²) in [5, 5.41) is 9.21. The molecule has 3 heterocycles. The minimum atomic E-state index is 0.774. The minimum absolute atomic E-state index is 0.774. The molecule has 0 saturated heterocycles. The summed E-state index contributed by atoms with van der Waals surface area (Å²) >= 11 is 0. The van der Waals surface area contributed by atoms with Gasteiger partial charge in [-0.25, -0.2) is 9.67 Å². The van der Waals surface area contributed by atoms with Gasteiger partial charge in [-0.2, -0.15) is 0 Å². The quantitative estimate of drug-likeness (QED) is 0.786. The molecule has 3 aromatic rings. The summed E-state index contributed by atoms with van der Waals surface area (Å²) < 4.78 is 7.14. The third-order valence-corrected chi connectivity index (χ3v) is 4.36. The van der Waals surface area contributed by atoms with Gasteiger partial charge in [0.1, 0.15) is 11.6 Å². The second kappa shape index (κ2) is 6.09. The Morgan fingerprint density at radius 2 is 1.96 bits per heavy atom. The fraction of sp³-hybridized carbons (Fsp3) is 0.200. The molecule has 4 rings (SSSR count). The number of aryl methyl sites for hydroxylation is 2. The second-order valence-corrected chi connectivity index (χ2v) is 6.16. The van der Waals surface area contributed by atoms with Crippen molar-refractivity contribution in [1.29, 1.82) is 0 Å². The molecule has 0 atom stereocenters. The number of ether oxygens (including phenoxy) is 1. The number of anilines is 1. The topological polar surface area (TPSA) is 52.0 Å². The number of methoxy groups -OCH3 is 1. The maximum atomic E-state index is 5.20. The van der Waals surface area contributed by atoms with E-state index in [1.54, 1.807) is 7.11 Å². The lowest BCUT2D eigenvalue weighted by molar-refractivity contribution is 0.415. The highest BCUT2D eigenvalue weighted by Crippen LogP contribution is 2.31. The summed E-state index contributed by atoms with van der Waals surface area (Å²) in [5.74, 6) is 1.87. The van der Waals surface area contributed by atoms with Crippen LogP contribution in [0.3, 0.4) is 0 Å². The molecule has 0 saturated carbocycles. The third-order valence-electron chi connectivity index (χ3n) is 4.36. The van der Waals surface area contributed by atoms with Crippen molar-refractivity contribution in [1.82, 2.24) is 14.8 Å². The lowest BCUT2D eigenvalue weighted by Gasteiger charge is -2.15. The van der Waals surface area contributed by atoms with Gasteiger partial charge in [0.2, 0.25) is 0 Å². The zero-order valence-corrected chi connectivity index (χ0v) is 14.6. The second-order valence-electron chi connectivity index (χ2n) is 6.16. The average molecular weight is 332 g/mol. The van der Waals surface area contributed by atoms with E-state index in [-0.39, 0.29) is 0 Å². The van der Waals surface area contributed by atoms with Crippen LogP contribution in [0.5, 0.6) is 5.75 Å². The summed E-state index contributed by atoms with van der Waals surface area (Å²) in [6, 6.07) is 10.1. The highest BCUT2D eigenvalue weighted by molar-refractivity contribution is 5.94. The largest absolute Gasteiger partial charge is 0.497 e. The Morgan fingerprint density at radius 3 is 2.72 bits per heavy atom. The molecule has 1 aliphatic rings. The van der Waals surface area contributed by atoms with E-state index in [2.05, 4.69) is 41.5 Å². The lowest BCUT2D eigenvalue weighted by atomic mass is 10.1. The SMILES string of the molecule is COc1ccc(/C=C\C2=CCNc3c4c(C)cc(C)nc4nn32)cc1. The smallest absolute Gasteiger partial charge is 0.184 e. The molecule has 25 heavy (non-hydrogen) atoms. The van der Waals surface area contributed by atoms with Crippen molar-refractivity contribution >= 4 is 28.6 Å². The fourth-order valence-corrected chi connectivity index (χ4v) is 3.16. The van der Waals surface area contributed by atoms with Crippen molar-refractivity contribution in [2.75, 3.05) is 19.0 Å². The third kappa shape index (κ3) is 2.78. The van der Waals surface area contributed by atoms with Gasteiger partial charge in [0, 0.05) is 12.2 Å². The molecule has 0 spiro atoms. The fourth-order valence-electron chi connectivity index (χ4n) is 3.16. The van der Waals surface area contributed by atoms with Crippen LogP contribution in [0.25, 0.3) is 22.8 Å². The Bertz CT molecular complexity index is 997. The van der Waals surface area contributed by atoms with Crippen LogP contribution in [-0.2, 0) is 0 Å². The maximum absolute atomic E-state index is 5.20. The first-order valence-corrected chi connectivity index (χ1v) is 8.29. The Kier molecular flexibility index (Phi) is 3.76. The number of fused-ring (bicyclic) bond motifs is 3. The molecule has 0 aliphatic carbocycles. The van der Waals surface area contributed by atoms with E-state index >= 15 is 0 Å². The van der Waals surface area contributed by atoms with E-state index in [9.17, 15) is 0 Å². The van der Waals surface area contributed by atoms with Crippen LogP contribution in [-0.4, -0.2) is 28.4 Å². The molecular formula is C20H20N4O. The van der Waals surface area contributed by atoms with Crippen molar-refractivity contribution < 1.29 is 4.74 Å². The van der Waals surface area contributed by atoms with Gasteiger partial charge in [-0.1, -0.05) is 18.2 Å². The van der Waals surface area contributed by atoms with Gasteiger partial charge in [-0.05, 0) is 55.3 Å². The highest BCUT2D eigenvalue weighted by Gasteiger charge is 2.18. The van der Waals surface area contributed by atoms with E-state index in [0.717, 1.165) is 46.1 Å². The number of hydrogen-bond acceptors (Lipinski definition) is 4. The van der Waals surface area contributed by atoms with Gasteiger partial charge in [0.05, 0.1) is 18.2 Å². The molecule has 0 amide bonds. The first-order chi connectivity index (χ1) is 12.2. The van der Waals surface area contributed by atoms with E-state index in [1.807, 2.05) is 35.9 Å². The Balaban J connectivity index is 1.72. The monoisotopic (exact) mass is 332 g/mol.